The molecule has 122 valence electrons. The van der Waals surface area contributed by atoms with Gasteiger partial charge >= 0.3 is 0 Å². The van der Waals surface area contributed by atoms with Crippen molar-refractivity contribution in [2.24, 2.45) is 0 Å². The number of aliphatic hydroxyl groups excluding tert-OH is 1. The van der Waals surface area contributed by atoms with E-state index >= 15 is 0 Å². The number of aliphatic hydroxyl groups is 1. The Kier molecular flexibility index (Phi) is 4.72. The highest BCUT2D eigenvalue weighted by Crippen LogP contribution is 2.25. The Bertz CT molecular complexity index is 721. The van der Waals surface area contributed by atoms with Gasteiger partial charge in [0.25, 0.3) is 5.91 Å². The number of hydrogen-bond donors (Lipinski definition) is 1. The fourth-order valence-electron chi connectivity index (χ4n) is 2.75. The second-order valence-corrected chi connectivity index (χ2v) is 6.37. The van der Waals surface area contributed by atoms with Crippen molar-refractivity contribution in [2.75, 3.05) is 13.1 Å². The zero-order chi connectivity index (χ0) is 16.4. The van der Waals surface area contributed by atoms with Crippen LogP contribution < -0.4 is 0 Å². The summed E-state index contributed by atoms with van der Waals surface area (Å²) in [5, 5.41) is 16.9. The predicted molar refractivity (Wildman–Crippen MR) is 84.2 cm³/mol. The molecule has 2 heterocycles. The molecule has 1 aromatic heterocycles. The minimum absolute atomic E-state index is 0.00725. The zero-order valence-corrected chi connectivity index (χ0v) is 13.9. The molecule has 0 aliphatic carbocycles. The van der Waals surface area contributed by atoms with E-state index in [2.05, 4.69) is 26.2 Å². The van der Waals surface area contributed by atoms with Crippen LogP contribution in [0.1, 0.15) is 34.9 Å². The van der Waals surface area contributed by atoms with Gasteiger partial charge in [-0.1, -0.05) is 5.21 Å². The molecule has 1 unspecified atom stereocenters. The Morgan fingerprint density at radius 3 is 3.04 bits per heavy atom. The maximum atomic E-state index is 13.4. The van der Waals surface area contributed by atoms with Crippen molar-refractivity contribution in [1.82, 2.24) is 19.9 Å². The normalized spacial score (nSPS) is 18.2. The summed E-state index contributed by atoms with van der Waals surface area (Å²) in [5.41, 5.74) is 0.821. The van der Waals surface area contributed by atoms with Crippen LogP contribution >= 0.6 is 15.9 Å². The summed E-state index contributed by atoms with van der Waals surface area (Å²) in [5.74, 6) is -0.641. The van der Waals surface area contributed by atoms with E-state index in [0.717, 1.165) is 12.8 Å². The van der Waals surface area contributed by atoms with Gasteiger partial charge in [-0.25, -0.2) is 9.07 Å². The summed E-state index contributed by atoms with van der Waals surface area (Å²) < 4.78 is 15.7. The third-order valence-corrected chi connectivity index (χ3v) is 4.63. The summed E-state index contributed by atoms with van der Waals surface area (Å²) in [6.07, 6.45) is 3.40. The lowest BCUT2D eigenvalue weighted by molar-refractivity contribution is 0.0670. The predicted octanol–water partition coefficient (Wildman–Crippen LogP) is 2.15. The van der Waals surface area contributed by atoms with E-state index in [1.165, 1.54) is 18.2 Å². The van der Waals surface area contributed by atoms with Gasteiger partial charge in [0.05, 0.1) is 24.4 Å². The van der Waals surface area contributed by atoms with Crippen molar-refractivity contribution < 1.29 is 14.3 Å². The van der Waals surface area contributed by atoms with Crippen molar-refractivity contribution in [3.8, 4) is 0 Å². The van der Waals surface area contributed by atoms with E-state index in [9.17, 15) is 9.18 Å². The molecule has 23 heavy (non-hydrogen) atoms. The maximum absolute atomic E-state index is 13.4. The molecule has 1 N–H and O–H groups in total. The highest BCUT2D eigenvalue weighted by molar-refractivity contribution is 9.10. The molecule has 0 spiro atoms. The lowest BCUT2D eigenvalue weighted by atomic mass is 10.0. The minimum Gasteiger partial charge on any atom is -0.390 e. The summed E-state index contributed by atoms with van der Waals surface area (Å²) in [7, 11) is 0. The number of benzene rings is 1. The van der Waals surface area contributed by atoms with E-state index < -0.39 is 5.82 Å². The fourth-order valence-corrected chi connectivity index (χ4v) is 3.17. The topological polar surface area (TPSA) is 71.2 Å². The molecule has 1 aromatic carbocycles. The zero-order valence-electron chi connectivity index (χ0n) is 12.3. The molecule has 0 saturated carbocycles. The van der Waals surface area contributed by atoms with Crippen molar-refractivity contribution >= 4 is 21.8 Å². The highest BCUT2D eigenvalue weighted by Gasteiger charge is 2.27. The van der Waals surface area contributed by atoms with E-state index in [0.29, 0.717) is 28.8 Å². The van der Waals surface area contributed by atoms with E-state index in [4.69, 9.17) is 5.11 Å². The average molecular weight is 383 g/mol. The van der Waals surface area contributed by atoms with Crippen LogP contribution in [0.4, 0.5) is 4.39 Å². The quantitative estimate of drug-likeness (QED) is 0.882. The molecular formula is C15H16BrFN4O2. The molecule has 1 aliphatic rings. The third-order valence-electron chi connectivity index (χ3n) is 3.94. The van der Waals surface area contributed by atoms with E-state index in [-0.39, 0.29) is 18.6 Å². The molecule has 0 bridgehead atoms. The number of aromatic nitrogens is 3. The Labute approximate surface area is 141 Å². The first kappa shape index (κ1) is 16.1. The lowest BCUT2D eigenvalue weighted by Gasteiger charge is -2.32. The monoisotopic (exact) mass is 382 g/mol. The molecule has 1 atom stereocenters. The van der Waals surface area contributed by atoms with E-state index in [1.54, 1.807) is 15.8 Å². The molecule has 1 aliphatic heterocycles. The largest absolute Gasteiger partial charge is 0.390 e. The molecule has 6 nitrogen and oxygen atoms in total. The van der Waals surface area contributed by atoms with Crippen molar-refractivity contribution in [1.29, 1.82) is 0 Å². The van der Waals surface area contributed by atoms with Crippen LogP contribution in [0.5, 0.6) is 0 Å². The number of hydrogen-bond acceptors (Lipinski definition) is 4. The van der Waals surface area contributed by atoms with Gasteiger partial charge < -0.3 is 10.0 Å². The third kappa shape index (κ3) is 3.42. The molecule has 1 amide bonds. The summed E-state index contributed by atoms with van der Waals surface area (Å²) in [6, 6.07) is 4.10. The summed E-state index contributed by atoms with van der Waals surface area (Å²) in [6.45, 7) is 0.946. The van der Waals surface area contributed by atoms with Gasteiger partial charge in [-0.3, -0.25) is 4.79 Å². The standard InChI is InChI=1S/C15H16BrFN4O2/c16-14-4-3-10(17)6-13(14)15(23)20-5-1-2-12(8-20)21-7-11(9-22)18-19-21/h3-4,6-7,12,22H,1-2,5,8-9H2. The highest BCUT2D eigenvalue weighted by atomic mass is 79.9. The van der Waals surface area contributed by atoms with Crippen LogP contribution in [0.2, 0.25) is 0 Å². The summed E-state index contributed by atoms with van der Waals surface area (Å²) >= 11 is 3.30. The molecule has 1 saturated heterocycles. The SMILES string of the molecule is O=C(c1cc(F)ccc1Br)N1CCCC(n2cc(CO)nn2)C1. The maximum Gasteiger partial charge on any atom is 0.255 e. The first-order valence-corrected chi connectivity index (χ1v) is 8.13. The van der Waals surface area contributed by atoms with Gasteiger partial charge in [0.1, 0.15) is 11.5 Å². The van der Waals surface area contributed by atoms with Crippen molar-refractivity contribution in [3.05, 3.63) is 45.9 Å². The second kappa shape index (κ2) is 6.76. The number of carbonyl (C=O) groups is 1. The number of halogens is 2. The second-order valence-electron chi connectivity index (χ2n) is 5.52. The number of likely N-dealkylation sites (tertiary alicyclic amines) is 1. The van der Waals surface area contributed by atoms with Crippen LogP contribution in [0.25, 0.3) is 0 Å². The number of piperidine rings is 1. The Hall–Kier alpha value is -1.80. The molecule has 3 rings (SSSR count). The van der Waals surface area contributed by atoms with Gasteiger partial charge in [-0.15, -0.1) is 5.10 Å². The number of carbonyl (C=O) groups excluding carboxylic acids is 1. The minimum atomic E-state index is -0.436. The fraction of sp³-hybridized carbons (Fsp3) is 0.400. The van der Waals surface area contributed by atoms with Crippen molar-refractivity contribution in [3.63, 3.8) is 0 Å². The lowest BCUT2D eigenvalue weighted by Crippen LogP contribution is -2.41. The Morgan fingerprint density at radius 1 is 1.48 bits per heavy atom. The Balaban J connectivity index is 1.77. The van der Waals surface area contributed by atoms with Crippen LogP contribution in [0, 0.1) is 5.82 Å². The molecule has 1 fully saturated rings. The smallest absolute Gasteiger partial charge is 0.255 e. The van der Waals surface area contributed by atoms with Gasteiger partial charge in [-0.05, 0) is 47.0 Å². The average Bonchev–Trinajstić information content (AvgIpc) is 3.06. The van der Waals surface area contributed by atoms with Crippen molar-refractivity contribution in [2.45, 2.75) is 25.5 Å². The summed E-state index contributed by atoms with van der Waals surface area (Å²) in [4.78, 5) is 14.4. The molecule has 8 heteroatoms. The number of amides is 1. The number of rotatable bonds is 3. The van der Waals surface area contributed by atoms with E-state index in [1.807, 2.05) is 0 Å². The van der Waals surface area contributed by atoms with Gasteiger partial charge in [0.15, 0.2) is 0 Å². The molecule has 2 aromatic rings. The number of nitrogens with zero attached hydrogens (tertiary/aromatic N) is 4. The van der Waals surface area contributed by atoms with Crippen LogP contribution in [-0.2, 0) is 6.61 Å². The Morgan fingerprint density at radius 2 is 2.30 bits per heavy atom. The van der Waals surface area contributed by atoms with Crippen LogP contribution in [-0.4, -0.2) is 44.0 Å². The van der Waals surface area contributed by atoms with Crippen LogP contribution in [0.15, 0.2) is 28.9 Å². The van der Waals surface area contributed by atoms with Gasteiger partial charge in [-0.2, -0.15) is 0 Å². The molecular weight excluding hydrogens is 367 g/mol. The first-order valence-electron chi connectivity index (χ1n) is 7.34. The van der Waals surface area contributed by atoms with Gasteiger partial charge in [0.2, 0.25) is 0 Å². The molecule has 0 radical (unpaired) electrons. The van der Waals surface area contributed by atoms with Crippen LogP contribution in [0.3, 0.4) is 0 Å². The first-order chi connectivity index (χ1) is 11.1. The van der Waals surface area contributed by atoms with Gasteiger partial charge in [0, 0.05) is 17.6 Å².